The van der Waals surface area contributed by atoms with Gasteiger partial charge in [-0.25, -0.2) is 9.37 Å². The summed E-state index contributed by atoms with van der Waals surface area (Å²) < 4.78 is 26.4. The molecule has 0 aromatic carbocycles. The van der Waals surface area contributed by atoms with Crippen LogP contribution in [0.1, 0.15) is 64.4 Å². The Morgan fingerprint density at radius 2 is 1.95 bits per heavy atom. The van der Waals surface area contributed by atoms with Gasteiger partial charge in [0.15, 0.2) is 11.0 Å². The van der Waals surface area contributed by atoms with Crippen molar-refractivity contribution in [2.45, 2.75) is 63.7 Å². The Morgan fingerprint density at radius 1 is 1.15 bits per heavy atom. The molecule has 3 aromatic rings. The number of hydrogen-bond donors (Lipinski definition) is 1. The van der Waals surface area contributed by atoms with Gasteiger partial charge in [0, 0.05) is 30.5 Å². The van der Waals surface area contributed by atoms with Gasteiger partial charge < -0.3 is 14.4 Å². The molecule has 3 aromatic heterocycles. The number of aromatic nitrogens is 4. The second-order valence-electron chi connectivity index (χ2n) is 9.74. The summed E-state index contributed by atoms with van der Waals surface area (Å²) in [6.45, 7) is 1.71. The third-order valence-corrected chi connectivity index (χ3v) is 8.01. The molecule has 2 aliphatic rings. The largest absolute Gasteiger partial charge is 0.494 e. The number of nitrogens with one attached hydrogen (secondary N) is 1. The number of carbonyl (C=O) groups is 2. The van der Waals surface area contributed by atoms with Crippen LogP contribution in [0.4, 0.5) is 9.52 Å². The average molecular weight is 575 g/mol. The van der Waals surface area contributed by atoms with Crippen molar-refractivity contribution in [3.8, 4) is 16.9 Å². The van der Waals surface area contributed by atoms with Crippen molar-refractivity contribution in [1.82, 2.24) is 25.1 Å². The van der Waals surface area contributed by atoms with E-state index in [2.05, 4.69) is 25.5 Å². The van der Waals surface area contributed by atoms with Crippen LogP contribution in [0.15, 0.2) is 18.5 Å². The van der Waals surface area contributed by atoms with E-state index in [1.807, 2.05) is 0 Å². The standard InChI is InChI=1S/C26H28ClFN6O4S/c1-13-9-17(20-19(37-3)12-30-22(27)21(20)28)18(11-29-13)23(35)31-26-33-32-24(39-26)25(36)34(2)14-5-4-6-16(10-14)38-15-7-8-15/h9,11-12,14-16H,4-8,10H2,1-3H3,(H,31,33,35)/t14-,16-/m1/s1. The molecule has 2 fully saturated rings. The lowest BCUT2D eigenvalue weighted by Crippen LogP contribution is -2.42. The summed E-state index contributed by atoms with van der Waals surface area (Å²) >= 11 is 6.89. The minimum absolute atomic E-state index is 0.0145. The maximum atomic E-state index is 15.1. The number of rotatable bonds is 8. The first-order valence-electron chi connectivity index (χ1n) is 12.7. The highest BCUT2D eigenvalue weighted by Gasteiger charge is 2.33. The lowest BCUT2D eigenvalue weighted by atomic mass is 9.92. The summed E-state index contributed by atoms with van der Waals surface area (Å²) in [7, 11) is 3.13. The van der Waals surface area contributed by atoms with Gasteiger partial charge >= 0.3 is 0 Å². The Kier molecular flexibility index (Phi) is 8.06. The maximum Gasteiger partial charge on any atom is 0.284 e. The summed E-state index contributed by atoms with van der Waals surface area (Å²) in [5, 5.41) is 10.6. The van der Waals surface area contributed by atoms with Gasteiger partial charge in [-0.15, -0.1) is 10.2 Å². The monoisotopic (exact) mass is 574 g/mol. The predicted molar refractivity (Wildman–Crippen MR) is 144 cm³/mol. The van der Waals surface area contributed by atoms with E-state index in [-0.39, 0.29) is 55.8 Å². The third kappa shape index (κ3) is 6.02. The Morgan fingerprint density at radius 3 is 2.69 bits per heavy atom. The third-order valence-electron chi connectivity index (χ3n) is 6.92. The molecule has 39 heavy (non-hydrogen) atoms. The number of anilines is 1. The first-order chi connectivity index (χ1) is 18.7. The molecule has 0 saturated heterocycles. The van der Waals surface area contributed by atoms with E-state index in [0.29, 0.717) is 11.8 Å². The molecule has 2 saturated carbocycles. The molecule has 2 atom stereocenters. The summed E-state index contributed by atoms with van der Waals surface area (Å²) in [4.78, 5) is 36.1. The molecular weight excluding hydrogens is 547 g/mol. The highest BCUT2D eigenvalue weighted by atomic mass is 35.5. The molecule has 1 N–H and O–H groups in total. The molecule has 0 aliphatic heterocycles. The zero-order chi connectivity index (χ0) is 27.7. The summed E-state index contributed by atoms with van der Waals surface area (Å²) in [6.07, 6.45) is 9.11. The molecule has 5 rings (SSSR count). The summed E-state index contributed by atoms with van der Waals surface area (Å²) in [6, 6.07) is 1.61. The molecule has 0 spiro atoms. The van der Waals surface area contributed by atoms with E-state index in [9.17, 15) is 9.59 Å². The van der Waals surface area contributed by atoms with Crippen molar-refractivity contribution in [3.63, 3.8) is 0 Å². The van der Waals surface area contributed by atoms with Crippen molar-refractivity contribution < 1.29 is 23.5 Å². The summed E-state index contributed by atoms with van der Waals surface area (Å²) in [5.74, 6) is -1.59. The van der Waals surface area contributed by atoms with Crippen LogP contribution in [0.3, 0.4) is 0 Å². The van der Waals surface area contributed by atoms with E-state index in [4.69, 9.17) is 21.1 Å². The van der Waals surface area contributed by atoms with E-state index in [1.54, 1.807) is 24.9 Å². The lowest BCUT2D eigenvalue weighted by molar-refractivity contribution is -0.00525. The molecule has 0 unspecified atom stereocenters. The number of methoxy groups -OCH3 is 1. The molecule has 206 valence electrons. The first-order valence-corrected chi connectivity index (χ1v) is 13.9. The van der Waals surface area contributed by atoms with Gasteiger partial charge in [-0.3, -0.25) is 19.9 Å². The van der Waals surface area contributed by atoms with Gasteiger partial charge in [0.1, 0.15) is 5.75 Å². The minimum atomic E-state index is -0.824. The normalized spacial score (nSPS) is 19.0. The Balaban J connectivity index is 1.32. The Bertz CT molecular complexity index is 1400. The minimum Gasteiger partial charge on any atom is -0.494 e. The lowest BCUT2D eigenvalue weighted by Gasteiger charge is -2.34. The second-order valence-corrected chi connectivity index (χ2v) is 11.1. The number of pyridine rings is 2. The van der Waals surface area contributed by atoms with Crippen molar-refractivity contribution in [1.29, 1.82) is 0 Å². The highest BCUT2D eigenvalue weighted by Crippen LogP contribution is 2.37. The van der Waals surface area contributed by atoms with E-state index < -0.39 is 11.7 Å². The molecule has 3 heterocycles. The average Bonchev–Trinajstić information content (AvgIpc) is 3.63. The SMILES string of the molecule is COc1cnc(Cl)c(F)c1-c1cc(C)ncc1C(=O)Nc1nnc(C(=O)N(C)[C@@H]2CCC[C@@H](OC3CC3)C2)s1. The number of halogens is 2. The first kappa shape index (κ1) is 27.4. The number of amides is 2. The quantitative estimate of drug-likeness (QED) is 0.377. The van der Waals surface area contributed by atoms with Crippen molar-refractivity contribution in [2.75, 3.05) is 19.5 Å². The van der Waals surface area contributed by atoms with Crippen LogP contribution in [-0.2, 0) is 4.74 Å². The number of hydrogen-bond acceptors (Lipinski definition) is 9. The molecule has 13 heteroatoms. The Hall–Kier alpha value is -3.22. The number of aryl methyl sites for hydroxylation is 1. The zero-order valence-electron chi connectivity index (χ0n) is 21.7. The smallest absolute Gasteiger partial charge is 0.284 e. The van der Waals surface area contributed by atoms with Gasteiger partial charge in [0.25, 0.3) is 11.8 Å². The number of nitrogens with zero attached hydrogens (tertiary/aromatic N) is 5. The van der Waals surface area contributed by atoms with Crippen LogP contribution in [-0.4, -0.2) is 69.3 Å². The van der Waals surface area contributed by atoms with E-state index in [0.717, 1.165) is 49.9 Å². The zero-order valence-corrected chi connectivity index (χ0v) is 23.3. The van der Waals surface area contributed by atoms with E-state index >= 15 is 4.39 Å². The second kappa shape index (κ2) is 11.5. The van der Waals surface area contributed by atoms with Crippen LogP contribution in [0.2, 0.25) is 5.15 Å². The molecule has 10 nitrogen and oxygen atoms in total. The molecule has 2 aliphatic carbocycles. The highest BCUT2D eigenvalue weighted by molar-refractivity contribution is 7.17. The number of ether oxygens (including phenoxy) is 2. The van der Waals surface area contributed by atoms with Crippen LogP contribution in [0.5, 0.6) is 5.75 Å². The van der Waals surface area contributed by atoms with E-state index in [1.165, 1.54) is 19.5 Å². The fourth-order valence-electron chi connectivity index (χ4n) is 4.71. The topological polar surface area (TPSA) is 119 Å². The van der Waals surface area contributed by atoms with Crippen LogP contribution in [0, 0.1) is 12.7 Å². The van der Waals surface area contributed by atoms with Gasteiger partial charge in [-0.05, 0) is 51.5 Å². The fourth-order valence-corrected chi connectivity index (χ4v) is 5.58. The van der Waals surface area contributed by atoms with Crippen LogP contribution < -0.4 is 10.1 Å². The van der Waals surface area contributed by atoms with Crippen LogP contribution >= 0.6 is 22.9 Å². The van der Waals surface area contributed by atoms with Crippen molar-refractivity contribution in [3.05, 3.63) is 45.7 Å². The van der Waals surface area contributed by atoms with Gasteiger partial charge in [0.2, 0.25) is 10.1 Å². The van der Waals surface area contributed by atoms with Gasteiger partial charge in [0.05, 0.1) is 36.6 Å². The molecule has 2 amide bonds. The van der Waals surface area contributed by atoms with Crippen molar-refractivity contribution >= 4 is 39.9 Å². The van der Waals surface area contributed by atoms with Gasteiger partial charge in [-0.2, -0.15) is 0 Å². The predicted octanol–water partition coefficient (Wildman–Crippen LogP) is 4.92. The molecular formula is C26H28ClFN6O4S. The van der Waals surface area contributed by atoms with Crippen molar-refractivity contribution in [2.24, 2.45) is 0 Å². The fraction of sp³-hybridized carbons (Fsp3) is 0.462. The maximum absolute atomic E-state index is 15.1. The molecule has 0 bridgehead atoms. The van der Waals surface area contributed by atoms with Gasteiger partial charge in [-0.1, -0.05) is 22.9 Å². The number of carbonyl (C=O) groups excluding carboxylic acids is 2. The Labute approximate surface area is 233 Å². The summed E-state index contributed by atoms with van der Waals surface area (Å²) in [5.41, 5.74) is 0.818. The van der Waals surface area contributed by atoms with Crippen LogP contribution in [0.25, 0.3) is 11.1 Å². The molecule has 0 radical (unpaired) electrons.